The molecule has 2 rings (SSSR count). The van der Waals surface area contributed by atoms with Crippen molar-refractivity contribution in [3.8, 4) is 5.75 Å². The number of rotatable bonds is 5. The van der Waals surface area contributed by atoms with E-state index in [4.69, 9.17) is 4.74 Å². The van der Waals surface area contributed by atoms with Gasteiger partial charge in [-0.15, -0.1) is 0 Å². The van der Waals surface area contributed by atoms with Gasteiger partial charge < -0.3 is 15.0 Å². The van der Waals surface area contributed by atoms with Gasteiger partial charge in [-0.1, -0.05) is 6.92 Å². The summed E-state index contributed by atoms with van der Waals surface area (Å²) in [6.07, 6.45) is 2.69. The molecule has 0 bridgehead atoms. The maximum absolute atomic E-state index is 11.9. The molecule has 0 aliphatic heterocycles. The third-order valence-electron chi connectivity index (χ3n) is 2.48. The van der Waals surface area contributed by atoms with Crippen LogP contribution in [0.25, 0.3) is 0 Å². The third kappa shape index (κ3) is 3.86. The maximum atomic E-state index is 11.9. The van der Waals surface area contributed by atoms with Crippen molar-refractivity contribution in [2.75, 3.05) is 11.9 Å². The van der Waals surface area contributed by atoms with Gasteiger partial charge in [0.15, 0.2) is 0 Å². The van der Waals surface area contributed by atoms with E-state index in [1.165, 1.54) is 0 Å². The molecule has 0 aliphatic carbocycles. The summed E-state index contributed by atoms with van der Waals surface area (Å²) in [5.41, 5.74) is 1.25. The first-order valence-electron chi connectivity index (χ1n) is 6.07. The molecule has 0 spiro atoms. The van der Waals surface area contributed by atoms with Crippen LogP contribution in [0.15, 0.2) is 41.0 Å². The first kappa shape index (κ1) is 13.7. The van der Waals surface area contributed by atoms with E-state index in [1.807, 2.05) is 24.3 Å². The number of H-pyrrole nitrogens is 1. The molecule has 0 atom stereocenters. The normalized spacial score (nSPS) is 10.2. The van der Waals surface area contributed by atoms with Crippen LogP contribution in [0.2, 0.25) is 0 Å². The molecule has 1 amide bonds. The predicted molar refractivity (Wildman–Crippen MR) is 78.7 cm³/mol. The minimum absolute atomic E-state index is 0.173. The molecule has 1 aromatic heterocycles. The smallest absolute Gasteiger partial charge is 0.272 e. The van der Waals surface area contributed by atoms with Crippen LogP contribution in [0.1, 0.15) is 23.8 Å². The highest BCUT2D eigenvalue weighted by atomic mass is 79.9. The van der Waals surface area contributed by atoms with E-state index in [9.17, 15) is 4.79 Å². The molecule has 0 aliphatic rings. The molecule has 19 heavy (non-hydrogen) atoms. The molecule has 5 heteroatoms. The Balaban J connectivity index is 1.97. The topological polar surface area (TPSA) is 54.1 Å². The lowest BCUT2D eigenvalue weighted by Crippen LogP contribution is -2.12. The fourth-order valence-corrected chi connectivity index (χ4v) is 1.90. The second-order valence-electron chi connectivity index (χ2n) is 4.06. The number of carbonyl (C=O) groups excluding carboxylic acids is 1. The molecular weight excluding hydrogens is 308 g/mol. The number of hydrogen-bond donors (Lipinski definition) is 2. The van der Waals surface area contributed by atoms with Gasteiger partial charge in [0.05, 0.1) is 6.61 Å². The van der Waals surface area contributed by atoms with Crippen molar-refractivity contribution >= 4 is 27.5 Å². The average molecular weight is 323 g/mol. The van der Waals surface area contributed by atoms with Crippen molar-refractivity contribution in [3.63, 3.8) is 0 Å². The monoisotopic (exact) mass is 322 g/mol. The molecule has 0 unspecified atom stereocenters. The van der Waals surface area contributed by atoms with Gasteiger partial charge in [0.25, 0.3) is 5.91 Å². The Labute approximate surface area is 120 Å². The van der Waals surface area contributed by atoms with Crippen LogP contribution >= 0.6 is 15.9 Å². The Kier molecular flexibility index (Phi) is 4.63. The van der Waals surface area contributed by atoms with Crippen molar-refractivity contribution in [1.82, 2.24) is 4.98 Å². The molecule has 0 radical (unpaired) electrons. The van der Waals surface area contributed by atoms with Crippen molar-refractivity contribution < 1.29 is 9.53 Å². The van der Waals surface area contributed by atoms with Crippen molar-refractivity contribution in [2.24, 2.45) is 0 Å². The fourth-order valence-electron chi connectivity index (χ4n) is 1.55. The molecule has 0 fully saturated rings. The van der Waals surface area contributed by atoms with Crippen molar-refractivity contribution in [2.45, 2.75) is 13.3 Å². The minimum Gasteiger partial charge on any atom is -0.494 e. The second-order valence-corrected chi connectivity index (χ2v) is 4.97. The van der Waals surface area contributed by atoms with Gasteiger partial charge in [0.1, 0.15) is 11.4 Å². The van der Waals surface area contributed by atoms with Crippen LogP contribution in [0.3, 0.4) is 0 Å². The van der Waals surface area contributed by atoms with Crippen LogP contribution in [0.5, 0.6) is 5.75 Å². The quantitative estimate of drug-likeness (QED) is 0.879. The van der Waals surface area contributed by atoms with E-state index in [0.29, 0.717) is 12.3 Å². The summed E-state index contributed by atoms with van der Waals surface area (Å²) < 4.78 is 6.33. The molecule has 2 N–H and O–H groups in total. The van der Waals surface area contributed by atoms with Crippen LogP contribution in [0.4, 0.5) is 5.69 Å². The number of amides is 1. The Morgan fingerprint density at radius 1 is 1.37 bits per heavy atom. The lowest BCUT2D eigenvalue weighted by atomic mass is 10.3. The summed E-state index contributed by atoms with van der Waals surface area (Å²) in [6.45, 7) is 2.76. The van der Waals surface area contributed by atoms with Crippen molar-refractivity contribution in [1.29, 1.82) is 0 Å². The Bertz CT molecular complexity index is 549. The second kappa shape index (κ2) is 6.43. The third-order valence-corrected chi connectivity index (χ3v) is 2.94. The van der Waals surface area contributed by atoms with E-state index in [0.717, 1.165) is 22.3 Å². The molecule has 0 saturated heterocycles. The van der Waals surface area contributed by atoms with Crippen LogP contribution in [0, 0.1) is 0 Å². The molecule has 4 nitrogen and oxygen atoms in total. The highest BCUT2D eigenvalue weighted by Gasteiger charge is 2.08. The highest BCUT2D eigenvalue weighted by molar-refractivity contribution is 9.10. The number of aromatic amines is 1. The fraction of sp³-hybridized carbons (Fsp3) is 0.214. The maximum Gasteiger partial charge on any atom is 0.272 e. The number of halogens is 1. The lowest BCUT2D eigenvalue weighted by Gasteiger charge is -2.07. The van der Waals surface area contributed by atoms with Gasteiger partial charge in [-0.2, -0.15) is 0 Å². The number of carbonyl (C=O) groups is 1. The zero-order valence-corrected chi connectivity index (χ0v) is 12.2. The number of hydrogen-bond acceptors (Lipinski definition) is 2. The molecular formula is C14H15BrN2O2. The molecule has 1 heterocycles. The summed E-state index contributed by atoms with van der Waals surface area (Å²) in [7, 11) is 0. The summed E-state index contributed by atoms with van der Waals surface area (Å²) in [5, 5.41) is 2.81. The molecule has 2 aromatic rings. The zero-order valence-electron chi connectivity index (χ0n) is 10.6. The lowest BCUT2D eigenvalue weighted by molar-refractivity contribution is 0.102. The van der Waals surface area contributed by atoms with E-state index < -0.39 is 0 Å². The first-order valence-corrected chi connectivity index (χ1v) is 6.86. The number of benzene rings is 1. The Morgan fingerprint density at radius 3 is 2.68 bits per heavy atom. The molecule has 1 aromatic carbocycles. The number of ether oxygens (including phenoxy) is 1. The minimum atomic E-state index is -0.173. The van der Waals surface area contributed by atoms with Crippen LogP contribution < -0.4 is 10.1 Å². The number of anilines is 1. The standard InChI is InChI=1S/C14H15BrN2O2/c1-2-7-19-12-5-3-11(4-6-12)17-14(18)13-8-10(15)9-16-13/h3-6,8-9,16H,2,7H2,1H3,(H,17,18). The highest BCUT2D eigenvalue weighted by Crippen LogP contribution is 2.17. The summed E-state index contributed by atoms with van der Waals surface area (Å²) in [6, 6.07) is 9.06. The predicted octanol–water partition coefficient (Wildman–Crippen LogP) is 3.82. The van der Waals surface area contributed by atoms with Gasteiger partial charge >= 0.3 is 0 Å². The summed E-state index contributed by atoms with van der Waals surface area (Å²) in [4.78, 5) is 14.8. The van der Waals surface area contributed by atoms with E-state index in [2.05, 4.69) is 33.2 Å². The SMILES string of the molecule is CCCOc1ccc(NC(=O)c2cc(Br)c[nH]2)cc1. The van der Waals surface area contributed by atoms with Crippen LogP contribution in [-0.2, 0) is 0 Å². The van der Waals surface area contributed by atoms with E-state index in [1.54, 1.807) is 12.3 Å². The van der Waals surface area contributed by atoms with E-state index >= 15 is 0 Å². The molecule has 0 saturated carbocycles. The van der Waals surface area contributed by atoms with Gasteiger partial charge in [-0.05, 0) is 52.7 Å². The largest absolute Gasteiger partial charge is 0.494 e. The van der Waals surface area contributed by atoms with Crippen LogP contribution in [-0.4, -0.2) is 17.5 Å². The van der Waals surface area contributed by atoms with Crippen molar-refractivity contribution in [3.05, 3.63) is 46.7 Å². The van der Waals surface area contributed by atoms with Gasteiger partial charge in [0, 0.05) is 16.4 Å². The molecule has 100 valence electrons. The number of aromatic nitrogens is 1. The summed E-state index contributed by atoms with van der Waals surface area (Å²) >= 11 is 3.29. The van der Waals surface area contributed by atoms with E-state index in [-0.39, 0.29) is 5.91 Å². The van der Waals surface area contributed by atoms with Gasteiger partial charge in [-0.3, -0.25) is 4.79 Å². The number of nitrogens with one attached hydrogen (secondary N) is 2. The Hall–Kier alpha value is -1.75. The van der Waals surface area contributed by atoms with Gasteiger partial charge in [0.2, 0.25) is 0 Å². The zero-order chi connectivity index (χ0) is 13.7. The first-order chi connectivity index (χ1) is 9.19. The summed E-state index contributed by atoms with van der Waals surface area (Å²) in [5.74, 6) is 0.635. The van der Waals surface area contributed by atoms with Gasteiger partial charge in [-0.25, -0.2) is 0 Å². The Morgan fingerprint density at radius 2 is 2.11 bits per heavy atom. The average Bonchev–Trinajstić information content (AvgIpc) is 2.85.